The molecule has 0 saturated carbocycles. The van der Waals surface area contributed by atoms with Crippen LogP contribution in [-0.4, -0.2) is 18.0 Å². The fraction of sp³-hybridized carbons (Fsp3) is 0.217. The molecule has 0 aliphatic carbocycles. The maximum absolute atomic E-state index is 2.57. The van der Waals surface area contributed by atoms with E-state index in [1.807, 2.05) is 0 Å². The van der Waals surface area contributed by atoms with Crippen molar-refractivity contribution in [1.82, 2.24) is 4.90 Å². The van der Waals surface area contributed by atoms with E-state index in [0.29, 0.717) is 0 Å². The lowest BCUT2D eigenvalue weighted by atomic mass is 10.1. The molecule has 2 nitrogen and oxygen atoms in total. The smallest absolute Gasteiger partial charge is 0.109 e. The van der Waals surface area contributed by atoms with Crippen molar-refractivity contribution in [2.75, 3.05) is 18.0 Å². The fourth-order valence-electron chi connectivity index (χ4n) is 3.68. The molecule has 1 atom stereocenters. The van der Waals surface area contributed by atoms with Gasteiger partial charge in [-0.15, -0.1) is 0 Å². The molecule has 0 bridgehead atoms. The van der Waals surface area contributed by atoms with E-state index in [1.54, 1.807) is 0 Å². The first kappa shape index (κ1) is 15.9. The molecule has 0 amide bonds. The van der Waals surface area contributed by atoms with Gasteiger partial charge in [0.05, 0.1) is 0 Å². The Labute approximate surface area is 150 Å². The largest absolute Gasteiger partial charge is 0.350 e. The molecule has 25 heavy (non-hydrogen) atoms. The van der Waals surface area contributed by atoms with Crippen molar-refractivity contribution in [3.63, 3.8) is 0 Å². The first-order valence-electron chi connectivity index (χ1n) is 8.97. The summed E-state index contributed by atoms with van der Waals surface area (Å²) in [4.78, 5) is 5.10. The summed E-state index contributed by atoms with van der Waals surface area (Å²) in [7, 11) is 0. The lowest BCUT2D eigenvalue weighted by Crippen LogP contribution is -2.30. The summed E-state index contributed by atoms with van der Waals surface area (Å²) < 4.78 is 0. The van der Waals surface area contributed by atoms with Gasteiger partial charge in [-0.25, -0.2) is 0 Å². The van der Waals surface area contributed by atoms with Crippen molar-refractivity contribution in [3.05, 3.63) is 102 Å². The molecule has 4 rings (SSSR count). The van der Waals surface area contributed by atoms with E-state index in [9.17, 15) is 0 Å². The number of aryl methyl sites for hydroxylation is 1. The second-order valence-corrected chi connectivity index (χ2v) is 6.77. The molecular weight excluding hydrogens is 304 g/mol. The van der Waals surface area contributed by atoms with Crippen LogP contribution in [0.25, 0.3) is 0 Å². The molecule has 0 N–H and O–H groups in total. The van der Waals surface area contributed by atoms with Crippen LogP contribution in [-0.2, 0) is 6.54 Å². The molecule has 0 aromatic heterocycles. The molecular formula is C23H24N2. The third-order valence-electron chi connectivity index (χ3n) is 4.96. The molecule has 126 valence electrons. The van der Waals surface area contributed by atoms with Crippen molar-refractivity contribution < 1.29 is 0 Å². The second kappa shape index (κ2) is 7.12. The first-order valence-corrected chi connectivity index (χ1v) is 8.97. The zero-order chi connectivity index (χ0) is 17.1. The molecule has 1 heterocycles. The van der Waals surface area contributed by atoms with Crippen LogP contribution in [0.4, 0.5) is 5.69 Å². The van der Waals surface area contributed by atoms with Crippen molar-refractivity contribution in [2.24, 2.45) is 0 Å². The molecule has 1 fully saturated rings. The van der Waals surface area contributed by atoms with Crippen molar-refractivity contribution >= 4 is 5.69 Å². The van der Waals surface area contributed by atoms with Crippen LogP contribution in [0.15, 0.2) is 84.9 Å². The Morgan fingerprint density at radius 2 is 1.40 bits per heavy atom. The molecule has 1 unspecified atom stereocenters. The number of rotatable bonds is 4. The van der Waals surface area contributed by atoms with E-state index in [-0.39, 0.29) is 6.17 Å². The zero-order valence-corrected chi connectivity index (χ0v) is 14.7. The molecule has 2 heteroatoms. The minimum Gasteiger partial charge on any atom is -0.350 e. The molecule has 3 aromatic rings. The third kappa shape index (κ3) is 3.45. The summed E-state index contributed by atoms with van der Waals surface area (Å²) in [5, 5.41) is 0. The Kier molecular flexibility index (Phi) is 4.53. The fourth-order valence-corrected chi connectivity index (χ4v) is 3.68. The maximum atomic E-state index is 2.57. The Morgan fingerprint density at radius 3 is 2.08 bits per heavy atom. The SMILES string of the molecule is Cc1ccc(N2CCN(Cc3ccccc3)C2c2ccccc2)cc1. The summed E-state index contributed by atoms with van der Waals surface area (Å²) in [5.41, 5.74) is 5.33. The standard InChI is InChI=1S/C23H24N2/c1-19-12-14-22(15-13-19)25-17-16-24(18-20-8-4-2-5-9-20)23(25)21-10-6-3-7-11-21/h2-15,23H,16-18H2,1H3. The predicted octanol–water partition coefficient (Wildman–Crippen LogP) is 5.02. The molecule has 1 aliphatic rings. The maximum Gasteiger partial charge on any atom is 0.109 e. The highest BCUT2D eigenvalue weighted by Gasteiger charge is 2.33. The van der Waals surface area contributed by atoms with Crippen molar-refractivity contribution in [2.45, 2.75) is 19.6 Å². The van der Waals surface area contributed by atoms with Crippen molar-refractivity contribution in [1.29, 1.82) is 0 Å². The van der Waals surface area contributed by atoms with Crippen molar-refractivity contribution in [3.8, 4) is 0 Å². The summed E-state index contributed by atoms with van der Waals surface area (Å²) >= 11 is 0. The average Bonchev–Trinajstić information content (AvgIpc) is 3.07. The lowest BCUT2D eigenvalue weighted by molar-refractivity contribution is 0.250. The van der Waals surface area contributed by atoms with Crippen LogP contribution in [0.2, 0.25) is 0 Å². The number of benzene rings is 3. The highest BCUT2D eigenvalue weighted by Crippen LogP contribution is 2.35. The summed E-state index contributed by atoms with van der Waals surface area (Å²) in [5.74, 6) is 0. The molecule has 1 saturated heterocycles. The van der Waals surface area contributed by atoms with E-state index in [1.165, 1.54) is 22.4 Å². The van der Waals surface area contributed by atoms with Gasteiger partial charge in [-0.2, -0.15) is 0 Å². The van der Waals surface area contributed by atoms with Gasteiger partial charge in [-0.3, -0.25) is 4.90 Å². The number of anilines is 1. The number of hydrogen-bond acceptors (Lipinski definition) is 2. The Morgan fingerprint density at radius 1 is 0.760 bits per heavy atom. The van der Waals surface area contributed by atoms with Crippen LogP contribution in [0.1, 0.15) is 22.9 Å². The van der Waals surface area contributed by atoms with Gasteiger partial charge in [0, 0.05) is 25.3 Å². The van der Waals surface area contributed by atoms with E-state index in [2.05, 4.69) is 102 Å². The lowest BCUT2D eigenvalue weighted by Gasteiger charge is -2.32. The third-order valence-corrected chi connectivity index (χ3v) is 4.96. The van der Waals surface area contributed by atoms with Gasteiger partial charge in [0.15, 0.2) is 0 Å². The van der Waals surface area contributed by atoms with E-state index < -0.39 is 0 Å². The quantitative estimate of drug-likeness (QED) is 0.664. The second-order valence-electron chi connectivity index (χ2n) is 6.77. The predicted molar refractivity (Wildman–Crippen MR) is 105 cm³/mol. The zero-order valence-electron chi connectivity index (χ0n) is 14.7. The Bertz CT molecular complexity index is 797. The Hall–Kier alpha value is -2.58. The van der Waals surface area contributed by atoms with Gasteiger partial charge in [0.2, 0.25) is 0 Å². The molecule has 3 aromatic carbocycles. The van der Waals surface area contributed by atoms with Gasteiger partial charge in [-0.1, -0.05) is 78.4 Å². The average molecular weight is 328 g/mol. The van der Waals surface area contributed by atoms with Gasteiger partial charge in [0.1, 0.15) is 6.17 Å². The van der Waals surface area contributed by atoms with E-state index in [4.69, 9.17) is 0 Å². The number of hydrogen-bond donors (Lipinski definition) is 0. The summed E-state index contributed by atoms with van der Waals surface area (Å²) in [6, 6.07) is 30.5. The minimum atomic E-state index is 0.282. The van der Waals surface area contributed by atoms with E-state index >= 15 is 0 Å². The van der Waals surface area contributed by atoms with Crippen LogP contribution in [0, 0.1) is 6.92 Å². The van der Waals surface area contributed by atoms with Crippen LogP contribution in [0.5, 0.6) is 0 Å². The van der Waals surface area contributed by atoms with Gasteiger partial charge in [0.25, 0.3) is 0 Å². The van der Waals surface area contributed by atoms with Gasteiger partial charge >= 0.3 is 0 Å². The highest BCUT2D eigenvalue weighted by molar-refractivity contribution is 5.51. The summed E-state index contributed by atoms with van der Waals surface area (Å²) in [6.45, 7) is 5.24. The topological polar surface area (TPSA) is 6.48 Å². The van der Waals surface area contributed by atoms with Gasteiger partial charge in [-0.05, 0) is 30.2 Å². The minimum absolute atomic E-state index is 0.282. The van der Waals surface area contributed by atoms with E-state index in [0.717, 1.165) is 19.6 Å². The molecule has 0 radical (unpaired) electrons. The first-order chi connectivity index (χ1) is 12.3. The molecule has 1 aliphatic heterocycles. The van der Waals surface area contributed by atoms with Crippen LogP contribution < -0.4 is 4.90 Å². The normalized spacial score (nSPS) is 17.8. The highest BCUT2D eigenvalue weighted by atomic mass is 15.4. The van der Waals surface area contributed by atoms with Gasteiger partial charge < -0.3 is 4.90 Å². The Balaban J connectivity index is 1.66. The number of nitrogens with zero attached hydrogens (tertiary/aromatic N) is 2. The summed E-state index contributed by atoms with van der Waals surface area (Å²) in [6.07, 6.45) is 0.282. The van der Waals surface area contributed by atoms with Crippen LogP contribution in [0.3, 0.4) is 0 Å². The monoisotopic (exact) mass is 328 g/mol. The van der Waals surface area contributed by atoms with Crippen LogP contribution >= 0.6 is 0 Å². The molecule has 0 spiro atoms.